The maximum Gasteiger partial charge on any atom is 0.257 e. The molecule has 1 atom stereocenters. The summed E-state index contributed by atoms with van der Waals surface area (Å²) in [6.45, 7) is 8.20. The van der Waals surface area contributed by atoms with E-state index in [9.17, 15) is 13.2 Å². The number of ether oxygens (including phenoxy) is 4. The Morgan fingerprint density at radius 3 is 2.32 bits per heavy atom. The van der Waals surface area contributed by atoms with Crippen molar-refractivity contribution in [1.82, 2.24) is 9.62 Å². The second-order valence-corrected chi connectivity index (χ2v) is 9.40. The molecule has 1 N–H and O–H groups in total. The van der Waals surface area contributed by atoms with E-state index in [4.69, 9.17) is 18.9 Å². The number of carbonyl (C=O) groups excluding carboxylic acids is 1. The van der Waals surface area contributed by atoms with Gasteiger partial charge in [-0.15, -0.1) is 0 Å². The van der Waals surface area contributed by atoms with Gasteiger partial charge in [-0.3, -0.25) is 4.79 Å². The van der Waals surface area contributed by atoms with Gasteiger partial charge in [0.15, 0.2) is 11.5 Å². The van der Waals surface area contributed by atoms with E-state index in [1.54, 1.807) is 30.0 Å². The van der Waals surface area contributed by atoms with Gasteiger partial charge in [0, 0.05) is 19.1 Å². The van der Waals surface area contributed by atoms with Crippen molar-refractivity contribution in [2.75, 3.05) is 46.6 Å². The fraction of sp³-hybridized carbons (Fsp3) is 0.458. The van der Waals surface area contributed by atoms with Crippen molar-refractivity contribution in [2.24, 2.45) is 0 Å². The molecule has 10 heteroatoms. The first kappa shape index (κ1) is 25.8. The lowest BCUT2D eigenvalue weighted by Crippen LogP contribution is -2.40. The minimum Gasteiger partial charge on any atom is -0.496 e. The predicted molar refractivity (Wildman–Crippen MR) is 127 cm³/mol. The largest absolute Gasteiger partial charge is 0.496 e. The van der Waals surface area contributed by atoms with Gasteiger partial charge in [-0.05, 0) is 56.7 Å². The number of sulfonamides is 1. The summed E-state index contributed by atoms with van der Waals surface area (Å²) >= 11 is 0. The zero-order valence-corrected chi connectivity index (χ0v) is 20.8. The molecule has 2 aromatic carbocycles. The Hall–Kier alpha value is -2.82. The topological polar surface area (TPSA) is 103 Å². The molecule has 3 rings (SSSR count). The number of benzene rings is 2. The molecule has 2 aromatic rings. The fourth-order valence-corrected chi connectivity index (χ4v) is 4.92. The molecule has 0 aromatic heterocycles. The number of hydrogen-bond donors (Lipinski definition) is 1. The Bertz CT molecular complexity index is 1100. The Balaban J connectivity index is 1.85. The Kier molecular flexibility index (Phi) is 8.76. The Labute approximate surface area is 201 Å². The van der Waals surface area contributed by atoms with Crippen LogP contribution in [-0.4, -0.2) is 65.9 Å². The predicted octanol–water partition coefficient (Wildman–Crippen LogP) is 3.00. The van der Waals surface area contributed by atoms with E-state index in [0.717, 1.165) is 0 Å². The first-order valence-corrected chi connectivity index (χ1v) is 12.8. The highest BCUT2D eigenvalue weighted by molar-refractivity contribution is 7.89. The van der Waals surface area contributed by atoms with Crippen molar-refractivity contribution in [1.29, 1.82) is 0 Å². The first-order chi connectivity index (χ1) is 16.3. The number of carbonyl (C=O) groups is 1. The number of nitrogens with one attached hydrogen (secondary N) is 1. The van der Waals surface area contributed by atoms with Crippen LogP contribution in [0.5, 0.6) is 17.2 Å². The van der Waals surface area contributed by atoms with E-state index in [1.807, 2.05) is 13.8 Å². The smallest absolute Gasteiger partial charge is 0.257 e. The molecule has 1 amide bonds. The summed E-state index contributed by atoms with van der Waals surface area (Å²) < 4.78 is 50.9. The molecule has 1 aliphatic rings. The Morgan fingerprint density at radius 2 is 1.68 bits per heavy atom. The lowest BCUT2D eigenvalue weighted by atomic mass is 10.1. The highest BCUT2D eigenvalue weighted by atomic mass is 32.2. The quantitative estimate of drug-likeness (QED) is 0.544. The van der Waals surface area contributed by atoms with Crippen LogP contribution in [0.2, 0.25) is 0 Å². The highest BCUT2D eigenvalue weighted by Gasteiger charge is 2.26. The molecular formula is C24H32N2O7S. The third-order valence-corrected chi connectivity index (χ3v) is 6.95. The van der Waals surface area contributed by atoms with Crippen molar-refractivity contribution in [2.45, 2.75) is 31.7 Å². The molecule has 1 heterocycles. The molecular weight excluding hydrogens is 460 g/mol. The molecule has 9 nitrogen and oxygen atoms in total. The molecule has 1 unspecified atom stereocenters. The Morgan fingerprint density at radius 1 is 1.03 bits per heavy atom. The van der Waals surface area contributed by atoms with Crippen LogP contribution in [0.4, 0.5) is 0 Å². The zero-order chi connectivity index (χ0) is 24.7. The van der Waals surface area contributed by atoms with Crippen molar-refractivity contribution < 1.29 is 32.2 Å². The van der Waals surface area contributed by atoms with Crippen molar-refractivity contribution in [3.63, 3.8) is 0 Å². The monoisotopic (exact) mass is 492 g/mol. The summed E-state index contributed by atoms with van der Waals surface area (Å²) in [5.41, 5.74) is 0.910. The molecule has 186 valence electrons. The lowest BCUT2D eigenvalue weighted by Gasteiger charge is -2.27. The fourth-order valence-electron chi connectivity index (χ4n) is 3.66. The average molecular weight is 493 g/mol. The minimum atomic E-state index is -3.94. The highest BCUT2D eigenvalue weighted by Crippen LogP contribution is 2.31. The van der Waals surface area contributed by atoms with Crippen LogP contribution < -0.4 is 18.9 Å². The summed E-state index contributed by atoms with van der Waals surface area (Å²) in [5, 5.41) is 0. The summed E-state index contributed by atoms with van der Waals surface area (Å²) in [4.78, 5) is 14.6. The number of methoxy groups -OCH3 is 1. The second kappa shape index (κ2) is 11.5. The van der Waals surface area contributed by atoms with Crippen LogP contribution in [0.1, 0.15) is 42.7 Å². The molecule has 1 aliphatic heterocycles. The number of rotatable bonds is 10. The van der Waals surface area contributed by atoms with E-state index in [2.05, 4.69) is 4.72 Å². The SMILES string of the molecule is CCOc1ccc(C(C)NS(=O)(=O)c2ccc(OC)c(C(=O)N3CCOCC3)c2)cc1OCC. The van der Waals surface area contributed by atoms with E-state index in [0.29, 0.717) is 62.3 Å². The van der Waals surface area contributed by atoms with Crippen LogP contribution in [0.25, 0.3) is 0 Å². The summed E-state index contributed by atoms with van der Waals surface area (Å²) in [5.74, 6) is 1.18. The summed E-state index contributed by atoms with van der Waals surface area (Å²) in [6, 6.07) is 9.05. The van der Waals surface area contributed by atoms with E-state index >= 15 is 0 Å². The van der Waals surface area contributed by atoms with E-state index in [-0.39, 0.29) is 16.4 Å². The van der Waals surface area contributed by atoms with Crippen LogP contribution in [0.3, 0.4) is 0 Å². The van der Waals surface area contributed by atoms with Gasteiger partial charge < -0.3 is 23.8 Å². The summed E-state index contributed by atoms with van der Waals surface area (Å²) in [6.07, 6.45) is 0. The van der Waals surface area contributed by atoms with Crippen LogP contribution in [0, 0.1) is 0 Å². The molecule has 34 heavy (non-hydrogen) atoms. The number of nitrogens with zero attached hydrogens (tertiary/aromatic N) is 1. The van der Waals surface area contributed by atoms with Gasteiger partial charge in [-0.1, -0.05) is 6.07 Å². The molecule has 0 aliphatic carbocycles. The molecule has 0 radical (unpaired) electrons. The molecule has 1 saturated heterocycles. The van der Waals surface area contributed by atoms with Gasteiger partial charge in [0.25, 0.3) is 5.91 Å². The molecule has 0 spiro atoms. The van der Waals surface area contributed by atoms with Gasteiger partial charge in [-0.2, -0.15) is 0 Å². The maximum absolute atomic E-state index is 13.2. The number of hydrogen-bond acceptors (Lipinski definition) is 7. The van der Waals surface area contributed by atoms with Gasteiger partial charge in [-0.25, -0.2) is 13.1 Å². The third-order valence-electron chi connectivity index (χ3n) is 5.41. The number of amides is 1. The van der Waals surface area contributed by atoms with Crippen molar-refractivity contribution >= 4 is 15.9 Å². The minimum absolute atomic E-state index is 0.0206. The van der Waals surface area contributed by atoms with Crippen LogP contribution in [-0.2, 0) is 14.8 Å². The van der Waals surface area contributed by atoms with E-state index in [1.165, 1.54) is 25.3 Å². The number of morpholine rings is 1. The van der Waals surface area contributed by atoms with Crippen LogP contribution >= 0.6 is 0 Å². The molecule has 0 bridgehead atoms. The van der Waals surface area contributed by atoms with Gasteiger partial charge >= 0.3 is 0 Å². The van der Waals surface area contributed by atoms with E-state index < -0.39 is 16.1 Å². The van der Waals surface area contributed by atoms with Gasteiger partial charge in [0.05, 0.1) is 44.0 Å². The molecule has 0 saturated carbocycles. The first-order valence-electron chi connectivity index (χ1n) is 11.3. The normalized spacial score (nSPS) is 15.0. The zero-order valence-electron chi connectivity index (χ0n) is 20.0. The maximum atomic E-state index is 13.2. The standard InChI is InChI=1S/C24H32N2O7S/c1-5-32-22-9-7-18(15-23(22)33-6-2)17(3)25-34(28,29)19-8-10-21(30-4)20(16-19)24(27)26-11-13-31-14-12-26/h7-10,15-17,25H,5-6,11-14H2,1-4H3. The van der Waals surface area contributed by atoms with Gasteiger partial charge in [0.1, 0.15) is 5.75 Å². The van der Waals surface area contributed by atoms with Crippen molar-refractivity contribution in [3.8, 4) is 17.2 Å². The third kappa shape index (κ3) is 5.99. The van der Waals surface area contributed by atoms with Gasteiger partial charge in [0.2, 0.25) is 10.0 Å². The average Bonchev–Trinajstić information content (AvgIpc) is 2.84. The van der Waals surface area contributed by atoms with Crippen LogP contribution in [0.15, 0.2) is 41.3 Å². The molecule has 1 fully saturated rings. The lowest BCUT2D eigenvalue weighted by molar-refractivity contribution is 0.0300. The van der Waals surface area contributed by atoms with Crippen molar-refractivity contribution in [3.05, 3.63) is 47.5 Å². The summed E-state index contributed by atoms with van der Waals surface area (Å²) in [7, 11) is -2.49. The second-order valence-electron chi connectivity index (χ2n) is 7.68.